The van der Waals surface area contributed by atoms with E-state index in [-0.39, 0.29) is 12.9 Å². The van der Waals surface area contributed by atoms with Gasteiger partial charge in [0.15, 0.2) is 6.29 Å². The SMILES string of the molecule is COCO[C@H]1CCOC1O. The summed E-state index contributed by atoms with van der Waals surface area (Å²) < 4.78 is 14.6. The molecule has 0 aromatic rings. The van der Waals surface area contributed by atoms with E-state index < -0.39 is 6.29 Å². The highest BCUT2D eigenvalue weighted by Crippen LogP contribution is 2.13. The summed E-state index contributed by atoms with van der Waals surface area (Å²) in [6.07, 6.45) is -0.236. The van der Waals surface area contributed by atoms with Crippen molar-refractivity contribution >= 4 is 0 Å². The fourth-order valence-corrected chi connectivity index (χ4v) is 0.876. The standard InChI is InChI=1S/C6H12O4/c1-8-4-10-5-2-3-9-6(5)7/h5-7H,2-4H2,1H3/t5-,6?/m0/s1. The van der Waals surface area contributed by atoms with Gasteiger partial charge in [0.05, 0.1) is 6.61 Å². The predicted octanol–water partition coefficient (Wildman–Crippen LogP) is -0.286. The van der Waals surface area contributed by atoms with Crippen LogP contribution in [0.3, 0.4) is 0 Å². The first-order valence-electron chi connectivity index (χ1n) is 3.25. The minimum Gasteiger partial charge on any atom is -0.366 e. The Balaban J connectivity index is 2.14. The fraction of sp³-hybridized carbons (Fsp3) is 1.00. The second-order valence-electron chi connectivity index (χ2n) is 2.16. The molecule has 1 unspecified atom stereocenters. The van der Waals surface area contributed by atoms with Gasteiger partial charge in [-0.3, -0.25) is 0 Å². The molecule has 0 aromatic heterocycles. The van der Waals surface area contributed by atoms with Crippen molar-refractivity contribution in [3.8, 4) is 0 Å². The number of rotatable bonds is 3. The Kier molecular flexibility index (Phi) is 3.08. The van der Waals surface area contributed by atoms with E-state index in [9.17, 15) is 0 Å². The molecule has 0 spiro atoms. The lowest BCUT2D eigenvalue weighted by molar-refractivity contribution is -0.158. The fourth-order valence-electron chi connectivity index (χ4n) is 0.876. The minimum absolute atomic E-state index is 0.208. The van der Waals surface area contributed by atoms with Crippen LogP contribution in [0.2, 0.25) is 0 Å². The van der Waals surface area contributed by atoms with E-state index in [1.54, 1.807) is 7.11 Å². The molecular weight excluding hydrogens is 136 g/mol. The Bertz CT molecular complexity index is 95.7. The summed E-state index contributed by atoms with van der Waals surface area (Å²) in [5.41, 5.74) is 0. The van der Waals surface area contributed by atoms with Gasteiger partial charge in [-0.25, -0.2) is 0 Å². The number of aliphatic hydroxyl groups is 1. The van der Waals surface area contributed by atoms with Crippen LogP contribution in [0.5, 0.6) is 0 Å². The van der Waals surface area contributed by atoms with Gasteiger partial charge in [-0.1, -0.05) is 0 Å². The first-order chi connectivity index (χ1) is 4.84. The second-order valence-corrected chi connectivity index (χ2v) is 2.16. The zero-order valence-corrected chi connectivity index (χ0v) is 5.95. The molecule has 60 valence electrons. The van der Waals surface area contributed by atoms with Crippen LogP contribution in [0, 0.1) is 0 Å². The molecule has 0 aliphatic carbocycles. The maximum Gasteiger partial charge on any atom is 0.181 e. The second kappa shape index (κ2) is 3.88. The molecule has 0 saturated carbocycles. The summed E-state index contributed by atoms with van der Waals surface area (Å²) in [6, 6.07) is 0. The van der Waals surface area contributed by atoms with E-state index in [0.717, 1.165) is 6.42 Å². The number of hydrogen-bond donors (Lipinski definition) is 1. The number of methoxy groups -OCH3 is 1. The molecule has 1 saturated heterocycles. The third-order valence-electron chi connectivity index (χ3n) is 1.41. The number of ether oxygens (including phenoxy) is 3. The molecular formula is C6H12O4. The Hall–Kier alpha value is -0.160. The zero-order chi connectivity index (χ0) is 7.40. The summed E-state index contributed by atoms with van der Waals surface area (Å²) in [7, 11) is 1.54. The van der Waals surface area contributed by atoms with Gasteiger partial charge in [0.25, 0.3) is 0 Å². The van der Waals surface area contributed by atoms with Crippen molar-refractivity contribution in [2.75, 3.05) is 20.5 Å². The number of aliphatic hydroxyl groups excluding tert-OH is 1. The Labute approximate surface area is 59.7 Å². The third kappa shape index (κ3) is 1.91. The normalized spacial score (nSPS) is 33.0. The summed E-state index contributed by atoms with van der Waals surface area (Å²) in [5.74, 6) is 0. The highest BCUT2D eigenvalue weighted by molar-refractivity contribution is 4.66. The highest BCUT2D eigenvalue weighted by atomic mass is 16.7. The molecule has 1 aliphatic heterocycles. The Morgan fingerprint density at radius 3 is 3.00 bits per heavy atom. The van der Waals surface area contributed by atoms with E-state index in [4.69, 9.17) is 14.6 Å². The van der Waals surface area contributed by atoms with Gasteiger partial charge in [0.1, 0.15) is 12.9 Å². The molecule has 0 aromatic carbocycles. The molecule has 1 N–H and O–H groups in total. The van der Waals surface area contributed by atoms with Crippen molar-refractivity contribution in [3.63, 3.8) is 0 Å². The van der Waals surface area contributed by atoms with Crippen LogP contribution >= 0.6 is 0 Å². The lowest BCUT2D eigenvalue weighted by Crippen LogP contribution is -2.24. The van der Waals surface area contributed by atoms with E-state index in [2.05, 4.69) is 4.74 Å². The molecule has 1 heterocycles. The molecule has 1 fully saturated rings. The van der Waals surface area contributed by atoms with Crippen molar-refractivity contribution < 1.29 is 19.3 Å². The van der Waals surface area contributed by atoms with Gasteiger partial charge < -0.3 is 19.3 Å². The molecule has 4 nitrogen and oxygen atoms in total. The molecule has 1 rings (SSSR count). The van der Waals surface area contributed by atoms with Gasteiger partial charge in [-0.15, -0.1) is 0 Å². The van der Waals surface area contributed by atoms with Gasteiger partial charge in [-0.2, -0.15) is 0 Å². The molecule has 0 radical (unpaired) electrons. The molecule has 2 atom stereocenters. The maximum absolute atomic E-state index is 9.01. The molecule has 4 heteroatoms. The van der Waals surface area contributed by atoms with Gasteiger partial charge >= 0.3 is 0 Å². The van der Waals surface area contributed by atoms with Crippen molar-refractivity contribution in [2.45, 2.75) is 18.8 Å². The van der Waals surface area contributed by atoms with E-state index in [1.165, 1.54) is 0 Å². The van der Waals surface area contributed by atoms with Crippen molar-refractivity contribution in [3.05, 3.63) is 0 Å². The van der Waals surface area contributed by atoms with Gasteiger partial charge in [0, 0.05) is 13.5 Å². The van der Waals surface area contributed by atoms with Gasteiger partial charge in [0.2, 0.25) is 0 Å². The maximum atomic E-state index is 9.01. The van der Waals surface area contributed by atoms with E-state index >= 15 is 0 Å². The lowest BCUT2D eigenvalue weighted by Gasteiger charge is -2.12. The Morgan fingerprint density at radius 2 is 2.50 bits per heavy atom. The monoisotopic (exact) mass is 148 g/mol. The third-order valence-corrected chi connectivity index (χ3v) is 1.41. The van der Waals surface area contributed by atoms with Crippen LogP contribution in [0.15, 0.2) is 0 Å². The summed E-state index contributed by atoms with van der Waals surface area (Å²) in [4.78, 5) is 0. The van der Waals surface area contributed by atoms with E-state index in [0.29, 0.717) is 6.61 Å². The largest absolute Gasteiger partial charge is 0.366 e. The topological polar surface area (TPSA) is 47.9 Å². The summed E-state index contributed by atoms with van der Waals surface area (Å²) >= 11 is 0. The van der Waals surface area contributed by atoms with Crippen LogP contribution in [0.1, 0.15) is 6.42 Å². The first-order valence-corrected chi connectivity index (χ1v) is 3.25. The smallest absolute Gasteiger partial charge is 0.181 e. The summed E-state index contributed by atoms with van der Waals surface area (Å²) in [5, 5.41) is 9.01. The van der Waals surface area contributed by atoms with Crippen molar-refractivity contribution in [1.29, 1.82) is 0 Å². The molecule has 0 amide bonds. The van der Waals surface area contributed by atoms with Crippen LogP contribution in [-0.4, -0.2) is 38.0 Å². The first kappa shape index (κ1) is 7.94. The molecule has 1 aliphatic rings. The Morgan fingerprint density at radius 1 is 1.70 bits per heavy atom. The van der Waals surface area contributed by atoms with Crippen molar-refractivity contribution in [2.24, 2.45) is 0 Å². The predicted molar refractivity (Wildman–Crippen MR) is 33.3 cm³/mol. The van der Waals surface area contributed by atoms with Crippen LogP contribution in [0.25, 0.3) is 0 Å². The average molecular weight is 148 g/mol. The number of hydrogen-bond acceptors (Lipinski definition) is 4. The molecule has 10 heavy (non-hydrogen) atoms. The molecule has 0 bridgehead atoms. The highest BCUT2D eigenvalue weighted by Gasteiger charge is 2.26. The van der Waals surface area contributed by atoms with Crippen LogP contribution < -0.4 is 0 Å². The zero-order valence-electron chi connectivity index (χ0n) is 5.95. The van der Waals surface area contributed by atoms with E-state index in [1.807, 2.05) is 0 Å². The minimum atomic E-state index is -0.768. The quantitative estimate of drug-likeness (QED) is 0.559. The van der Waals surface area contributed by atoms with Crippen molar-refractivity contribution in [1.82, 2.24) is 0 Å². The van der Waals surface area contributed by atoms with Crippen LogP contribution in [0.4, 0.5) is 0 Å². The lowest BCUT2D eigenvalue weighted by atomic mass is 10.3. The average Bonchev–Trinajstić information content (AvgIpc) is 2.31. The van der Waals surface area contributed by atoms with Gasteiger partial charge in [-0.05, 0) is 0 Å². The summed E-state index contributed by atoms with van der Waals surface area (Å²) in [6.45, 7) is 0.778. The van der Waals surface area contributed by atoms with Crippen LogP contribution in [-0.2, 0) is 14.2 Å².